The fraction of sp³-hybridized carbons (Fsp3) is 0.357. The molecule has 4 rings (SSSR count). The quantitative estimate of drug-likeness (QED) is 0.285. The van der Waals surface area contributed by atoms with E-state index in [1.54, 1.807) is 24.3 Å². The summed E-state index contributed by atoms with van der Waals surface area (Å²) in [6.45, 7) is 1.51. The monoisotopic (exact) mass is 526 g/mol. The van der Waals surface area contributed by atoms with E-state index in [2.05, 4.69) is 10.0 Å². The number of hydrogen-bond donors (Lipinski definition) is 4. The molecule has 0 radical (unpaired) electrons. The minimum Gasteiger partial charge on any atom is -0.508 e. The van der Waals surface area contributed by atoms with Gasteiger partial charge in [-0.1, -0.05) is 36.4 Å². The van der Waals surface area contributed by atoms with E-state index in [4.69, 9.17) is 9.47 Å². The van der Waals surface area contributed by atoms with Crippen LogP contribution in [0.3, 0.4) is 0 Å². The largest absolute Gasteiger partial charge is 0.508 e. The Hall–Kier alpha value is -3.27. The first-order valence-electron chi connectivity index (χ1n) is 12.4. The van der Waals surface area contributed by atoms with E-state index in [0.29, 0.717) is 36.3 Å². The van der Waals surface area contributed by atoms with Crippen LogP contribution in [0.4, 0.5) is 5.69 Å². The van der Waals surface area contributed by atoms with Gasteiger partial charge in [0.2, 0.25) is 10.0 Å². The van der Waals surface area contributed by atoms with Crippen molar-refractivity contribution < 1.29 is 28.1 Å². The lowest BCUT2D eigenvalue weighted by Gasteiger charge is -2.25. The van der Waals surface area contributed by atoms with Crippen molar-refractivity contribution in [1.29, 1.82) is 0 Å². The van der Waals surface area contributed by atoms with Crippen LogP contribution >= 0.6 is 0 Å². The maximum atomic E-state index is 11.9. The van der Waals surface area contributed by atoms with E-state index in [-0.39, 0.29) is 12.3 Å². The Labute approximate surface area is 218 Å². The molecule has 0 saturated heterocycles. The van der Waals surface area contributed by atoms with E-state index < -0.39 is 16.1 Å². The van der Waals surface area contributed by atoms with Gasteiger partial charge in [-0.15, -0.1) is 0 Å². The predicted molar refractivity (Wildman–Crippen MR) is 144 cm³/mol. The number of rotatable bonds is 12. The molecular weight excluding hydrogens is 492 g/mol. The molecule has 1 unspecified atom stereocenters. The number of nitrogens with one attached hydrogen (secondary N) is 2. The maximum Gasteiger partial charge on any atom is 0.229 e. The number of benzene rings is 3. The summed E-state index contributed by atoms with van der Waals surface area (Å²) in [4.78, 5) is 0. The van der Waals surface area contributed by atoms with Gasteiger partial charge < -0.3 is 25.0 Å². The average Bonchev–Trinajstić information content (AvgIpc) is 2.86. The zero-order valence-electron chi connectivity index (χ0n) is 20.9. The highest BCUT2D eigenvalue weighted by molar-refractivity contribution is 7.92. The zero-order chi connectivity index (χ0) is 26.3. The van der Waals surface area contributed by atoms with Crippen LogP contribution in [0.2, 0.25) is 0 Å². The lowest BCUT2D eigenvalue weighted by atomic mass is 9.84. The van der Waals surface area contributed by atoms with Crippen LogP contribution < -0.4 is 19.5 Å². The van der Waals surface area contributed by atoms with Crippen LogP contribution in [-0.4, -0.2) is 50.7 Å². The topological polar surface area (TPSA) is 117 Å². The summed E-state index contributed by atoms with van der Waals surface area (Å²) < 4.78 is 37.8. The Balaban J connectivity index is 1.26. The standard InChI is InChI=1S/C28H34N2O6S/c1-37(33,34)30-27-15-26(11-12-28(27)36-18-20-5-3-2-4-6-20)35-19-25(32)17-29-16-21-7-8-23-14-24(31)10-9-22(23)13-21/h2-6,9-12,14-15,21,25,29-32H,7-8,13,16-19H2,1H3/t21?,25-/m0/s1. The number of aliphatic hydroxyl groups is 1. The highest BCUT2D eigenvalue weighted by Crippen LogP contribution is 2.31. The highest BCUT2D eigenvalue weighted by Gasteiger charge is 2.19. The van der Waals surface area contributed by atoms with Gasteiger partial charge in [-0.2, -0.15) is 0 Å². The summed E-state index contributed by atoms with van der Waals surface area (Å²) >= 11 is 0. The molecule has 0 fully saturated rings. The molecule has 1 aliphatic carbocycles. The number of aromatic hydroxyl groups is 1. The van der Waals surface area contributed by atoms with Crippen LogP contribution in [0.15, 0.2) is 66.7 Å². The average molecular weight is 527 g/mol. The highest BCUT2D eigenvalue weighted by atomic mass is 32.2. The third-order valence-electron chi connectivity index (χ3n) is 6.26. The number of sulfonamides is 1. The Morgan fingerprint density at radius 3 is 2.62 bits per heavy atom. The summed E-state index contributed by atoms with van der Waals surface area (Å²) in [5.41, 5.74) is 3.72. The maximum absolute atomic E-state index is 11.9. The van der Waals surface area contributed by atoms with Crippen LogP contribution in [0.25, 0.3) is 0 Å². The molecule has 0 aliphatic heterocycles. The number of aryl methyl sites for hydroxylation is 1. The van der Waals surface area contributed by atoms with E-state index >= 15 is 0 Å². The van der Waals surface area contributed by atoms with Gasteiger partial charge in [0.05, 0.1) is 11.9 Å². The second-order valence-electron chi connectivity index (χ2n) is 9.49. The molecule has 0 saturated carbocycles. The minimum absolute atomic E-state index is 0.0578. The van der Waals surface area contributed by atoms with Crippen molar-refractivity contribution in [3.05, 3.63) is 83.4 Å². The lowest BCUT2D eigenvalue weighted by molar-refractivity contribution is 0.105. The number of aliphatic hydroxyl groups excluding tert-OH is 1. The Morgan fingerprint density at radius 2 is 1.84 bits per heavy atom. The number of hydrogen-bond acceptors (Lipinski definition) is 7. The Bertz CT molecular complexity index is 1280. The van der Waals surface area contributed by atoms with Crippen molar-refractivity contribution in [2.24, 2.45) is 5.92 Å². The second-order valence-corrected chi connectivity index (χ2v) is 11.2. The lowest BCUT2D eigenvalue weighted by Crippen LogP contribution is -2.35. The molecule has 0 spiro atoms. The van der Waals surface area contributed by atoms with Gasteiger partial charge >= 0.3 is 0 Å². The molecule has 1 aliphatic rings. The van der Waals surface area contributed by atoms with Gasteiger partial charge in [0.1, 0.15) is 36.6 Å². The van der Waals surface area contributed by atoms with Crippen LogP contribution in [-0.2, 0) is 29.5 Å². The number of ether oxygens (including phenoxy) is 2. The van der Waals surface area contributed by atoms with Crippen LogP contribution in [0.5, 0.6) is 17.2 Å². The fourth-order valence-electron chi connectivity index (χ4n) is 4.44. The Morgan fingerprint density at radius 1 is 1.03 bits per heavy atom. The third kappa shape index (κ3) is 8.38. The van der Waals surface area contributed by atoms with Crippen molar-refractivity contribution >= 4 is 15.7 Å². The first kappa shape index (κ1) is 26.8. The minimum atomic E-state index is -3.53. The Kier molecular flexibility index (Phi) is 8.91. The normalized spacial score (nSPS) is 16.0. The van der Waals surface area contributed by atoms with Gasteiger partial charge in [0.25, 0.3) is 0 Å². The summed E-state index contributed by atoms with van der Waals surface area (Å²) in [7, 11) is -3.53. The number of phenolic OH excluding ortho intramolecular Hbond substituents is 1. The van der Waals surface area contributed by atoms with Gasteiger partial charge in [0.15, 0.2) is 0 Å². The molecular formula is C28H34N2O6S. The first-order chi connectivity index (χ1) is 17.7. The molecule has 9 heteroatoms. The van der Waals surface area contributed by atoms with Gasteiger partial charge in [0, 0.05) is 12.6 Å². The first-order valence-corrected chi connectivity index (χ1v) is 14.3. The molecule has 4 N–H and O–H groups in total. The van der Waals surface area contributed by atoms with Crippen LogP contribution in [0.1, 0.15) is 23.1 Å². The van der Waals surface area contributed by atoms with Gasteiger partial charge in [-0.3, -0.25) is 4.72 Å². The molecule has 3 aromatic rings. The van der Waals surface area contributed by atoms with Crippen molar-refractivity contribution in [2.75, 3.05) is 30.7 Å². The molecule has 0 amide bonds. The summed E-state index contributed by atoms with van der Waals surface area (Å²) in [6, 6.07) is 20.0. The molecule has 0 bridgehead atoms. The van der Waals surface area contributed by atoms with Gasteiger partial charge in [-0.05, 0) is 72.7 Å². The van der Waals surface area contributed by atoms with Crippen molar-refractivity contribution in [1.82, 2.24) is 5.32 Å². The van der Waals surface area contributed by atoms with Gasteiger partial charge in [-0.25, -0.2) is 8.42 Å². The number of anilines is 1. The van der Waals surface area contributed by atoms with Crippen molar-refractivity contribution in [3.8, 4) is 17.2 Å². The smallest absolute Gasteiger partial charge is 0.229 e. The molecule has 37 heavy (non-hydrogen) atoms. The van der Waals surface area contributed by atoms with Crippen molar-refractivity contribution in [2.45, 2.75) is 32.0 Å². The van der Waals surface area contributed by atoms with E-state index in [1.807, 2.05) is 42.5 Å². The SMILES string of the molecule is CS(=O)(=O)Nc1cc(OC[C@@H](O)CNCC2CCc3cc(O)ccc3C2)ccc1OCc1ccccc1. The summed E-state index contributed by atoms with van der Waals surface area (Å²) in [5.74, 6) is 1.59. The molecule has 0 heterocycles. The van der Waals surface area contributed by atoms with E-state index in [1.165, 1.54) is 11.1 Å². The predicted octanol–water partition coefficient (Wildman–Crippen LogP) is 3.48. The number of phenols is 1. The third-order valence-corrected chi connectivity index (χ3v) is 6.85. The van der Waals surface area contributed by atoms with Crippen LogP contribution in [0, 0.1) is 5.92 Å². The molecule has 0 aromatic heterocycles. The zero-order valence-corrected chi connectivity index (χ0v) is 21.7. The molecule has 8 nitrogen and oxygen atoms in total. The number of fused-ring (bicyclic) bond motifs is 1. The molecule has 3 aromatic carbocycles. The van der Waals surface area contributed by atoms with Crippen molar-refractivity contribution in [3.63, 3.8) is 0 Å². The van der Waals surface area contributed by atoms with E-state index in [0.717, 1.165) is 37.6 Å². The summed E-state index contributed by atoms with van der Waals surface area (Å²) in [5, 5.41) is 23.4. The molecule has 2 atom stereocenters. The second kappa shape index (κ2) is 12.3. The van der Waals surface area contributed by atoms with E-state index in [9.17, 15) is 18.6 Å². The summed E-state index contributed by atoms with van der Waals surface area (Å²) in [6.07, 6.45) is 3.27. The fourth-order valence-corrected chi connectivity index (χ4v) is 5.00. The molecule has 198 valence electrons.